The van der Waals surface area contributed by atoms with Crippen molar-refractivity contribution in [1.82, 2.24) is 0 Å². The van der Waals surface area contributed by atoms with Gasteiger partial charge in [0.2, 0.25) is 0 Å². The van der Waals surface area contributed by atoms with Crippen molar-refractivity contribution in [2.75, 3.05) is 0 Å². The largest absolute Gasteiger partial charge is 0.411 e. The second-order valence-electron chi connectivity index (χ2n) is 3.05. The zero-order valence-corrected chi connectivity index (χ0v) is 10.0. The lowest BCUT2D eigenvalue weighted by atomic mass is 10.1. The minimum Gasteiger partial charge on any atom is -0.411 e. The molecule has 0 heterocycles. The van der Waals surface area contributed by atoms with Crippen LogP contribution in [0.5, 0.6) is 0 Å². The zero-order valence-electron chi connectivity index (χ0n) is 8.51. The highest BCUT2D eigenvalue weighted by atomic mass is 35.5. The van der Waals surface area contributed by atoms with Gasteiger partial charge in [0.05, 0.1) is 10.6 Å². The maximum absolute atomic E-state index is 10.4. The summed E-state index contributed by atoms with van der Waals surface area (Å²) < 4.78 is 0.0630. The Morgan fingerprint density at radius 3 is 2.41 bits per heavy atom. The van der Waals surface area contributed by atoms with Crippen LogP contribution in [0.4, 0.5) is 5.69 Å². The van der Waals surface area contributed by atoms with Crippen LogP contribution in [-0.2, 0) is 0 Å². The van der Waals surface area contributed by atoms with Gasteiger partial charge < -0.3 is 5.21 Å². The Morgan fingerprint density at radius 1 is 1.41 bits per heavy atom. The molecule has 0 amide bonds. The van der Waals surface area contributed by atoms with Gasteiger partial charge in [0.15, 0.2) is 0 Å². The molecule has 0 radical (unpaired) electrons. The van der Waals surface area contributed by atoms with Gasteiger partial charge in [-0.05, 0) is 18.2 Å². The van der Waals surface area contributed by atoms with E-state index >= 15 is 0 Å². The van der Waals surface area contributed by atoms with Crippen molar-refractivity contribution in [3.63, 3.8) is 0 Å². The van der Waals surface area contributed by atoms with Gasteiger partial charge in [0, 0.05) is 24.1 Å². The summed E-state index contributed by atoms with van der Waals surface area (Å²) in [5.41, 5.74) is 0.847. The van der Waals surface area contributed by atoms with Gasteiger partial charge in [0.25, 0.3) is 5.69 Å². The van der Waals surface area contributed by atoms with Gasteiger partial charge in [0.1, 0.15) is 4.49 Å². The Balaban J connectivity index is 2.91. The SMILES string of the molecule is O=[N+]([O-])c1ccc(/C(CC=C(Cl)Cl)=N\O)cc1. The number of non-ortho nitro benzene ring substituents is 1. The summed E-state index contributed by atoms with van der Waals surface area (Å²) in [5, 5.41) is 22.3. The number of oxime groups is 1. The van der Waals surface area contributed by atoms with E-state index in [0.29, 0.717) is 11.3 Å². The molecule has 0 aromatic heterocycles. The Hall–Kier alpha value is -1.59. The Kier molecular flexibility index (Phi) is 4.93. The van der Waals surface area contributed by atoms with Crippen molar-refractivity contribution in [2.24, 2.45) is 5.16 Å². The fourth-order valence-electron chi connectivity index (χ4n) is 1.17. The Morgan fingerprint density at radius 2 is 2.00 bits per heavy atom. The first-order valence-electron chi connectivity index (χ1n) is 4.51. The molecule has 1 aromatic rings. The molecule has 0 unspecified atom stereocenters. The first-order valence-corrected chi connectivity index (χ1v) is 5.27. The molecular formula is C10H8Cl2N2O3. The second-order valence-corrected chi connectivity index (χ2v) is 4.06. The van der Waals surface area contributed by atoms with Gasteiger partial charge in [-0.1, -0.05) is 28.4 Å². The molecule has 1 aromatic carbocycles. The van der Waals surface area contributed by atoms with E-state index in [1.807, 2.05) is 0 Å². The molecule has 1 rings (SSSR count). The molecule has 0 bridgehead atoms. The second kappa shape index (κ2) is 6.22. The first kappa shape index (κ1) is 13.5. The van der Waals surface area contributed by atoms with Crippen LogP contribution in [0.25, 0.3) is 0 Å². The van der Waals surface area contributed by atoms with E-state index in [1.54, 1.807) is 0 Å². The molecule has 1 N–H and O–H groups in total. The minimum atomic E-state index is -0.505. The number of halogens is 2. The lowest BCUT2D eigenvalue weighted by Gasteiger charge is -2.01. The quantitative estimate of drug-likeness (QED) is 0.395. The molecule has 0 aliphatic carbocycles. The average Bonchev–Trinajstić information content (AvgIpc) is 2.30. The van der Waals surface area contributed by atoms with Crippen LogP contribution in [0, 0.1) is 10.1 Å². The number of nitrogens with zero attached hydrogens (tertiary/aromatic N) is 2. The van der Waals surface area contributed by atoms with Gasteiger partial charge in [-0.2, -0.15) is 0 Å². The van der Waals surface area contributed by atoms with Crippen LogP contribution in [0.1, 0.15) is 12.0 Å². The highest BCUT2D eigenvalue weighted by Gasteiger charge is 2.07. The molecule has 0 fully saturated rings. The van der Waals surface area contributed by atoms with Crippen LogP contribution in [0.15, 0.2) is 40.0 Å². The van der Waals surface area contributed by atoms with Crippen molar-refractivity contribution in [1.29, 1.82) is 0 Å². The molecule has 5 nitrogen and oxygen atoms in total. The zero-order chi connectivity index (χ0) is 12.8. The lowest BCUT2D eigenvalue weighted by Crippen LogP contribution is -2.00. The van der Waals surface area contributed by atoms with Gasteiger partial charge in [-0.15, -0.1) is 0 Å². The highest BCUT2D eigenvalue weighted by molar-refractivity contribution is 6.55. The maximum Gasteiger partial charge on any atom is 0.269 e. The summed E-state index contributed by atoms with van der Waals surface area (Å²) in [4.78, 5) is 9.94. The third kappa shape index (κ3) is 4.05. The van der Waals surface area contributed by atoms with E-state index in [9.17, 15) is 10.1 Å². The maximum atomic E-state index is 10.4. The smallest absolute Gasteiger partial charge is 0.269 e. The summed E-state index contributed by atoms with van der Waals surface area (Å²) in [6.07, 6.45) is 1.69. The van der Waals surface area contributed by atoms with Crippen molar-refractivity contribution in [3.8, 4) is 0 Å². The van der Waals surface area contributed by atoms with Crippen molar-refractivity contribution in [2.45, 2.75) is 6.42 Å². The fourth-order valence-corrected chi connectivity index (χ4v) is 1.32. The standard InChI is InChI=1S/C10H8Cl2N2O3/c11-10(12)6-5-9(13-15)7-1-3-8(4-2-7)14(16)17/h1-4,6,15H,5H2/b13-9-. The van der Waals surface area contributed by atoms with E-state index in [2.05, 4.69) is 5.16 Å². The molecule has 0 aliphatic heterocycles. The summed E-state index contributed by atoms with van der Waals surface area (Å²) in [6.45, 7) is 0. The first-order chi connectivity index (χ1) is 8.04. The van der Waals surface area contributed by atoms with Gasteiger partial charge in [-0.25, -0.2) is 0 Å². The van der Waals surface area contributed by atoms with Crippen LogP contribution in [-0.4, -0.2) is 15.8 Å². The Bertz CT molecular complexity index is 465. The minimum absolute atomic E-state index is 0.0306. The van der Waals surface area contributed by atoms with E-state index in [0.717, 1.165) is 0 Å². The number of nitro benzene ring substituents is 1. The molecular weight excluding hydrogens is 267 g/mol. The topological polar surface area (TPSA) is 75.7 Å². The van der Waals surface area contributed by atoms with Crippen LogP contribution < -0.4 is 0 Å². The van der Waals surface area contributed by atoms with Crippen LogP contribution in [0.3, 0.4) is 0 Å². The van der Waals surface area contributed by atoms with E-state index < -0.39 is 4.92 Å². The molecule has 7 heteroatoms. The average molecular weight is 275 g/mol. The monoisotopic (exact) mass is 274 g/mol. The Labute approximate surface area is 107 Å². The molecule has 17 heavy (non-hydrogen) atoms. The predicted octanol–water partition coefficient (Wildman–Crippen LogP) is 3.48. The number of benzene rings is 1. The number of rotatable bonds is 4. The number of hydrogen-bond acceptors (Lipinski definition) is 4. The van der Waals surface area contributed by atoms with Gasteiger partial charge in [-0.3, -0.25) is 10.1 Å². The summed E-state index contributed by atoms with van der Waals surface area (Å²) in [5.74, 6) is 0. The summed E-state index contributed by atoms with van der Waals surface area (Å²) in [6, 6.07) is 5.63. The number of nitro groups is 1. The highest BCUT2D eigenvalue weighted by Crippen LogP contribution is 2.15. The molecule has 90 valence electrons. The van der Waals surface area contributed by atoms with Crippen LogP contribution in [0.2, 0.25) is 0 Å². The summed E-state index contributed by atoms with van der Waals surface area (Å²) >= 11 is 10.9. The molecule has 0 saturated carbocycles. The third-order valence-corrected chi connectivity index (χ3v) is 2.29. The van der Waals surface area contributed by atoms with Gasteiger partial charge >= 0.3 is 0 Å². The molecule has 0 saturated heterocycles. The molecule has 0 spiro atoms. The molecule has 0 atom stereocenters. The lowest BCUT2D eigenvalue weighted by molar-refractivity contribution is -0.384. The van der Waals surface area contributed by atoms with E-state index in [4.69, 9.17) is 28.4 Å². The number of allylic oxidation sites excluding steroid dienone is 1. The molecule has 0 aliphatic rings. The van der Waals surface area contributed by atoms with E-state index in [1.165, 1.54) is 30.3 Å². The third-order valence-electron chi connectivity index (χ3n) is 1.98. The normalized spacial score (nSPS) is 11.1. The number of hydrogen-bond donors (Lipinski definition) is 1. The van der Waals surface area contributed by atoms with Crippen LogP contribution >= 0.6 is 23.2 Å². The van der Waals surface area contributed by atoms with Crippen molar-refractivity contribution >= 4 is 34.6 Å². The fraction of sp³-hybridized carbons (Fsp3) is 0.100. The van der Waals surface area contributed by atoms with E-state index in [-0.39, 0.29) is 16.6 Å². The van der Waals surface area contributed by atoms with Crippen molar-refractivity contribution < 1.29 is 10.1 Å². The predicted molar refractivity (Wildman–Crippen MR) is 65.8 cm³/mol. The van der Waals surface area contributed by atoms with Crippen molar-refractivity contribution in [3.05, 3.63) is 50.5 Å². The summed E-state index contributed by atoms with van der Waals surface area (Å²) in [7, 11) is 0.